The van der Waals surface area contributed by atoms with E-state index in [1.54, 1.807) is 47.4 Å². The van der Waals surface area contributed by atoms with Crippen molar-refractivity contribution in [3.63, 3.8) is 0 Å². The van der Waals surface area contributed by atoms with Crippen molar-refractivity contribution in [3.05, 3.63) is 71.0 Å². The zero-order valence-electron chi connectivity index (χ0n) is 11.6. The normalized spacial score (nSPS) is 11.4. The molecule has 0 bridgehead atoms. The zero-order chi connectivity index (χ0) is 16.4. The summed E-state index contributed by atoms with van der Waals surface area (Å²) in [6.07, 6.45) is 3.43. The molecule has 8 heteroatoms. The maximum Gasteiger partial charge on any atom is 0.339 e. The van der Waals surface area contributed by atoms with E-state index in [0.717, 1.165) is 5.69 Å². The van der Waals surface area contributed by atoms with Gasteiger partial charge < -0.3 is 4.18 Å². The Morgan fingerprint density at radius 2 is 1.65 bits per heavy atom. The molecule has 0 radical (unpaired) electrons. The molecule has 0 unspecified atom stereocenters. The lowest BCUT2D eigenvalue weighted by Crippen LogP contribution is -2.09. The first-order valence-corrected chi connectivity index (χ1v) is 8.61. The maximum atomic E-state index is 12.3. The molecule has 23 heavy (non-hydrogen) atoms. The molecule has 118 valence electrons. The van der Waals surface area contributed by atoms with E-state index in [9.17, 15) is 8.42 Å². The first kappa shape index (κ1) is 15.9. The molecule has 0 aliphatic carbocycles. The fourth-order valence-electron chi connectivity index (χ4n) is 1.92. The number of hydrogen-bond donors (Lipinski definition) is 0. The summed E-state index contributed by atoms with van der Waals surface area (Å²) in [5, 5.41) is 4.52. The van der Waals surface area contributed by atoms with Gasteiger partial charge in [-0.1, -0.05) is 23.2 Å². The maximum absolute atomic E-state index is 12.3. The van der Waals surface area contributed by atoms with Crippen molar-refractivity contribution in [1.82, 2.24) is 9.78 Å². The molecule has 5 nitrogen and oxygen atoms in total. The predicted octanol–water partition coefficient (Wildman–Crippen LogP) is 3.95. The van der Waals surface area contributed by atoms with Crippen LogP contribution in [0.15, 0.2) is 65.8 Å². The van der Waals surface area contributed by atoms with Gasteiger partial charge in [-0.25, -0.2) is 4.68 Å². The molecule has 3 rings (SSSR count). The molecule has 0 atom stereocenters. The quantitative estimate of drug-likeness (QED) is 0.654. The summed E-state index contributed by atoms with van der Waals surface area (Å²) in [5.74, 6) is 0.178. The van der Waals surface area contributed by atoms with Gasteiger partial charge in [0.1, 0.15) is 10.6 Å². The first-order valence-electron chi connectivity index (χ1n) is 6.45. The Kier molecular flexibility index (Phi) is 4.30. The van der Waals surface area contributed by atoms with Gasteiger partial charge in [0.05, 0.1) is 5.69 Å². The van der Waals surface area contributed by atoms with Crippen molar-refractivity contribution in [2.75, 3.05) is 0 Å². The fraction of sp³-hybridized carbons (Fsp3) is 0. The summed E-state index contributed by atoms with van der Waals surface area (Å²) in [6, 6.07) is 12.3. The van der Waals surface area contributed by atoms with E-state index in [2.05, 4.69) is 5.10 Å². The third-order valence-corrected chi connectivity index (χ3v) is 4.60. The highest BCUT2D eigenvalue weighted by Gasteiger charge is 2.18. The first-order chi connectivity index (χ1) is 10.9. The lowest BCUT2D eigenvalue weighted by atomic mass is 10.3. The van der Waals surface area contributed by atoms with Crippen LogP contribution in [0.3, 0.4) is 0 Å². The van der Waals surface area contributed by atoms with Crippen molar-refractivity contribution in [2.45, 2.75) is 4.90 Å². The Morgan fingerprint density at radius 3 is 2.22 bits per heavy atom. The van der Waals surface area contributed by atoms with E-state index < -0.39 is 10.1 Å². The SMILES string of the molecule is O=S(=O)(Oc1ccc(-n2cccn2)cc1)c1cc(Cl)cc(Cl)c1. The number of rotatable bonds is 4. The van der Waals surface area contributed by atoms with Crippen molar-refractivity contribution >= 4 is 33.3 Å². The molecule has 1 heterocycles. The monoisotopic (exact) mass is 368 g/mol. The van der Waals surface area contributed by atoms with Crippen molar-refractivity contribution in [3.8, 4) is 11.4 Å². The zero-order valence-corrected chi connectivity index (χ0v) is 13.9. The van der Waals surface area contributed by atoms with Crippen LogP contribution in [-0.4, -0.2) is 18.2 Å². The molecular weight excluding hydrogens is 359 g/mol. The van der Waals surface area contributed by atoms with Crippen molar-refractivity contribution in [2.24, 2.45) is 0 Å². The Bertz CT molecular complexity index is 904. The van der Waals surface area contributed by atoms with Gasteiger partial charge in [-0.3, -0.25) is 0 Å². The minimum absolute atomic E-state index is 0.105. The second kappa shape index (κ2) is 6.23. The van der Waals surface area contributed by atoms with Gasteiger partial charge in [0.15, 0.2) is 0 Å². The van der Waals surface area contributed by atoms with Gasteiger partial charge in [-0.2, -0.15) is 13.5 Å². The molecule has 0 amide bonds. The van der Waals surface area contributed by atoms with Crippen LogP contribution in [-0.2, 0) is 10.1 Å². The Hall–Kier alpha value is -2.02. The summed E-state index contributed by atoms with van der Waals surface area (Å²) in [6.45, 7) is 0. The number of aromatic nitrogens is 2. The van der Waals surface area contributed by atoms with E-state index in [4.69, 9.17) is 27.4 Å². The second-order valence-electron chi connectivity index (χ2n) is 4.59. The third-order valence-electron chi connectivity index (χ3n) is 2.94. The van der Waals surface area contributed by atoms with Gasteiger partial charge >= 0.3 is 10.1 Å². The molecule has 1 aromatic heterocycles. The van der Waals surface area contributed by atoms with Crippen LogP contribution < -0.4 is 4.18 Å². The summed E-state index contributed by atoms with van der Waals surface area (Å²) in [7, 11) is -4.02. The van der Waals surface area contributed by atoms with Crippen LogP contribution in [0.25, 0.3) is 5.69 Å². The Morgan fingerprint density at radius 1 is 1.00 bits per heavy atom. The van der Waals surface area contributed by atoms with Crippen molar-refractivity contribution < 1.29 is 12.6 Å². The molecule has 0 saturated heterocycles. The molecule has 2 aromatic carbocycles. The van der Waals surface area contributed by atoms with E-state index in [1.807, 2.05) is 0 Å². The summed E-state index contributed by atoms with van der Waals surface area (Å²) in [4.78, 5) is -0.105. The topological polar surface area (TPSA) is 61.2 Å². The van der Waals surface area contributed by atoms with Crippen LogP contribution in [0.4, 0.5) is 0 Å². The minimum Gasteiger partial charge on any atom is -0.379 e. The largest absolute Gasteiger partial charge is 0.379 e. The van der Waals surface area contributed by atoms with E-state index >= 15 is 0 Å². The summed E-state index contributed by atoms with van der Waals surface area (Å²) >= 11 is 11.6. The predicted molar refractivity (Wildman–Crippen MR) is 87.8 cm³/mol. The highest BCUT2D eigenvalue weighted by molar-refractivity contribution is 7.87. The molecular formula is C15H10Cl2N2O3S. The average Bonchev–Trinajstić information content (AvgIpc) is 3.01. The van der Waals surface area contributed by atoms with E-state index in [-0.39, 0.29) is 20.7 Å². The van der Waals surface area contributed by atoms with Crippen LogP contribution in [0.1, 0.15) is 0 Å². The molecule has 0 spiro atoms. The average molecular weight is 369 g/mol. The van der Waals surface area contributed by atoms with E-state index in [0.29, 0.717) is 0 Å². The Balaban J connectivity index is 1.86. The third kappa shape index (κ3) is 3.67. The molecule has 0 aliphatic rings. The minimum atomic E-state index is -4.02. The van der Waals surface area contributed by atoms with Gasteiger partial charge in [0.25, 0.3) is 0 Å². The van der Waals surface area contributed by atoms with Gasteiger partial charge in [0.2, 0.25) is 0 Å². The molecule has 3 aromatic rings. The molecule has 0 N–H and O–H groups in total. The van der Waals surface area contributed by atoms with Gasteiger partial charge in [-0.05, 0) is 48.5 Å². The summed E-state index contributed by atoms with van der Waals surface area (Å²) < 4.78 is 31.3. The van der Waals surface area contributed by atoms with E-state index in [1.165, 1.54) is 18.2 Å². The molecule has 0 fully saturated rings. The standard InChI is InChI=1S/C15H10Cl2N2O3S/c16-11-8-12(17)10-15(9-11)23(20,21)22-14-4-2-13(3-5-14)19-7-1-6-18-19/h1-10H. The molecule has 0 aliphatic heterocycles. The number of benzene rings is 2. The van der Waals surface area contributed by atoms with Crippen LogP contribution >= 0.6 is 23.2 Å². The Labute approximate surface area is 143 Å². The molecule has 0 saturated carbocycles. The number of halogens is 2. The van der Waals surface area contributed by atoms with Crippen LogP contribution in [0, 0.1) is 0 Å². The van der Waals surface area contributed by atoms with Crippen LogP contribution in [0.5, 0.6) is 5.75 Å². The lowest BCUT2D eigenvalue weighted by Gasteiger charge is -2.08. The lowest BCUT2D eigenvalue weighted by molar-refractivity contribution is 0.486. The second-order valence-corrected chi connectivity index (χ2v) is 7.01. The van der Waals surface area contributed by atoms with Crippen molar-refractivity contribution in [1.29, 1.82) is 0 Å². The number of hydrogen-bond acceptors (Lipinski definition) is 4. The highest BCUT2D eigenvalue weighted by Crippen LogP contribution is 2.25. The number of nitrogens with zero attached hydrogens (tertiary/aromatic N) is 2. The highest BCUT2D eigenvalue weighted by atomic mass is 35.5. The van der Waals surface area contributed by atoms with Gasteiger partial charge in [0, 0.05) is 22.4 Å². The summed E-state index contributed by atoms with van der Waals surface area (Å²) in [5.41, 5.74) is 0.783. The van der Waals surface area contributed by atoms with Crippen LogP contribution in [0.2, 0.25) is 10.0 Å². The van der Waals surface area contributed by atoms with Gasteiger partial charge in [-0.15, -0.1) is 0 Å². The smallest absolute Gasteiger partial charge is 0.339 e. The fourth-order valence-corrected chi connectivity index (χ4v) is 3.58.